The topological polar surface area (TPSA) is 0 Å². The fraction of sp³-hybridized carbons (Fsp3) is 0.280. The van der Waals surface area contributed by atoms with Gasteiger partial charge in [-0.25, -0.2) is 0 Å². The molecule has 0 amide bonds. The standard InChI is InChI=1S/C19H16.3C2H6/c1-15-12-18(16-8-4-2-5-9-16)14-19(13-15)17-10-6-3-7-11-17;3*1-2/h2-14H,1H3;3*1-2H3. The minimum absolute atomic E-state index is 1.27. The lowest BCUT2D eigenvalue weighted by atomic mass is 9.97. The molecule has 0 heterocycles. The van der Waals surface area contributed by atoms with E-state index in [9.17, 15) is 0 Å². The molecule has 0 saturated heterocycles. The van der Waals surface area contributed by atoms with Crippen molar-refractivity contribution in [1.29, 1.82) is 0 Å². The van der Waals surface area contributed by atoms with Gasteiger partial charge in [-0.1, -0.05) is 114 Å². The minimum atomic E-state index is 1.27. The minimum Gasteiger partial charge on any atom is -0.0683 e. The summed E-state index contributed by atoms with van der Waals surface area (Å²) in [6, 6.07) is 27.8. The molecule has 0 saturated carbocycles. The summed E-state index contributed by atoms with van der Waals surface area (Å²) in [6.07, 6.45) is 0. The lowest BCUT2D eigenvalue weighted by Crippen LogP contribution is -1.84. The van der Waals surface area contributed by atoms with Gasteiger partial charge < -0.3 is 0 Å². The predicted octanol–water partition coefficient (Wildman–Crippen LogP) is 8.41. The van der Waals surface area contributed by atoms with E-state index in [1.807, 2.05) is 41.5 Å². The molecule has 0 spiro atoms. The van der Waals surface area contributed by atoms with E-state index in [1.54, 1.807) is 0 Å². The Labute approximate surface area is 155 Å². The van der Waals surface area contributed by atoms with E-state index >= 15 is 0 Å². The molecule has 0 bridgehead atoms. The molecule has 0 N–H and O–H groups in total. The SMILES string of the molecule is CC.CC.CC.Cc1cc(-c2ccccc2)cc(-c2ccccc2)c1. The molecular formula is C25H34. The van der Waals surface area contributed by atoms with Crippen molar-refractivity contribution < 1.29 is 0 Å². The van der Waals surface area contributed by atoms with Crippen molar-refractivity contribution in [2.45, 2.75) is 48.5 Å². The highest BCUT2D eigenvalue weighted by Gasteiger charge is 2.02. The van der Waals surface area contributed by atoms with Crippen LogP contribution in [0.15, 0.2) is 78.9 Å². The lowest BCUT2D eigenvalue weighted by molar-refractivity contribution is 1.46. The van der Waals surface area contributed by atoms with Crippen molar-refractivity contribution in [3.63, 3.8) is 0 Å². The Balaban J connectivity index is 0.000000871. The third kappa shape index (κ3) is 7.39. The van der Waals surface area contributed by atoms with Gasteiger partial charge in [-0.05, 0) is 40.8 Å². The summed E-state index contributed by atoms with van der Waals surface area (Å²) in [5.74, 6) is 0. The van der Waals surface area contributed by atoms with Crippen molar-refractivity contribution >= 4 is 0 Å². The third-order valence-corrected chi connectivity index (χ3v) is 3.29. The van der Waals surface area contributed by atoms with Gasteiger partial charge in [0.2, 0.25) is 0 Å². The maximum Gasteiger partial charge on any atom is -0.0175 e. The van der Waals surface area contributed by atoms with E-state index < -0.39 is 0 Å². The lowest BCUT2D eigenvalue weighted by Gasteiger charge is -2.08. The Bertz CT molecular complexity index is 609. The van der Waals surface area contributed by atoms with Crippen LogP contribution in [0.1, 0.15) is 47.1 Å². The molecule has 134 valence electrons. The van der Waals surface area contributed by atoms with E-state index in [-0.39, 0.29) is 0 Å². The zero-order valence-corrected chi connectivity index (χ0v) is 17.0. The first-order valence-electron chi connectivity index (χ1n) is 9.55. The summed E-state index contributed by atoms with van der Waals surface area (Å²) in [5.41, 5.74) is 6.38. The number of hydrogen-bond acceptors (Lipinski definition) is 0. The zero-order chi connectivity index (χ0) is 19.1. The summed E-state index contributed by atoms with van der Waals surface area (Å²) in [4.78, 5) is 0. The number of hydrogen-bond donors (Lipinski definition) is 0. The normalized spacial score (nSPS) is 8.60. The Hall–Kier alpha value is -2.34. The van der Waals surface area contributed by atoms with Gasteiger partial charge in [0, 0.05) is 0 Å². The van der Waals surface area contributed by atoms with Crippen molar-refractivity contribution in [3.05, 3.63) is 84.4 Å². The first kappa shape index (κ1) is 22.7. The summed E-state index contributed by atoms with van der Waals surface area (Å²) in [5, 5.41) is 0. The largest absolute Gasteiger partial charge is 0.0683 e. The fourth-order valence-corrected chi connectivity index (χ4v) is 2.38. The van der Waals surface area contributed by atoms with Crippen LogP contribution in [-0.2, 0) is 0 Å². The molecule has 3 rings (SSSR count). The van der Waals surface area contributed by atoms with Crippen molar-refractivity contribution in [2.24, 2.45) is 0 Å². The number of benzene rings is 3. The third-order valence-electron chi connectivity index (χ3n) is 3.29. The van der Waals surface area contributed by atoms with Gasteiger partial charge in [-0.2, -0.15) is 0 Å². The van der Waals surface area contributed by atoms with Crippen LogP contribution in [0.4, 0.5) is 0 Å². The molecule has 0 nitrogen and oxygen atoms in total. The van der Waals surface area contributed by atoms with Gasteiger partial charge in [0.15, 0.2) is 0 Å². The van der Waals surface area contributed by atoms with Crippen LogP contribution in [0, 0.1) is 6.92 Å². The number of rotatable bonds is 2. The van der Waals surface area contributed by atoms with Gasteiger partial charge in [0.05, 0.1) is 0 Å². The smallest absolute Gasteiger partial charge is 0.0175 e. The maximum absolute atomic E-state index is 2.26. The van der Waals surface area contributed by atoms with E-state index in [4.69, 9.17) is 0 Å². The van der Waals surface area contributed by atoms with Crippen molar-refractivity contribution in [2.75, 3.05) is 0 Å². The second-order valence-electron chi connectivity index (χ2n) is 4.82. The highest BCUT2D eigenvalue weighted by Crippen LogP contribution is 2.27. The van der Waals surface area contributed by atoms with Gasteiger partial charge in [-0.15, -0.1) is 0 Å². The predicted molar refractivity (Wildman–Crippen MR) is 116 cm³/mol. The zero-order valence-electron chi connectivity index (χ0n) is 17.0. The number of aryl methyl sites for hydroxylation is 1. The van der Waals surface area contributed by atoms with E-state index in [0.29, 0.717) is 0 Å². The molecule has 0 unspecified atom stereocenters. The molecule has 25 heavy (non-hydrogen) atoms. The first-order valence-corrected chi connectivity index (χ1v) is 9.55. The van der Waals surface area contributed by atoms with Crippen molar-refractivity contribution in [3.8, 4) is 22.3 Å². The van der Waals surface area contributed by atoms with Crippen LogP contribution < -0.4 is 0 Å². The Morgan fingerprint density at radius 1 is 0.400 bits per heavy atom. The molecule has 3 aromatic rings. The van der Waals surface area contributed by atoms with E-state index in [2.05, 4.69) is 85.8 Å². The van der Waals surface area contributed by atoms with E-state index in [1.165, 1.54) is 27.8 Å². The molecule has 0 heteroatoms. The average Bonchev–Trinajstić information content (AvgIpc) is 2.73. The van der Waals surface area contributed by atoms with Crippen LogP contribution in [0.5, 0.6) is 0 Å². The highest BCUT2D eigenvalue weighted by molar-refractivity contribution is 5.74. The molecule has 0 fully saturated rings. The molecular weight excluding hydrogens is 300 g/mol. The first-order chi connectivity index (χ1) is 12.3. The molecule has 0 aromatic heterocycles. The van der Waals surface area contributed by atoms with Gasteiger partial charge >= 0.3 is 0 Å². The summed E-state index contributed by atoms with van der Waals surface area (Å²) in [6.45, 7) is 14.2. The Morgan fingerprint density at radius 2 is 0.720 bits per heavy atom. The molecule has 0 aliphatic heterocycles. The monoisotopic (exact) mass is 334 g/mol. The average molecular weight is 335 g/mol. The highest BCUT2D eigenvalue weighted by atomic mass is 14.1. The molecule has 0 aliphatic carbocycles. The Morgan fingerprint density at radius 3 is 1.04 bits per heavy atom. The van der Waals surface area contributed by atoms with Crippen molar-refractivity contribution in [1.82, 2.24) is 0 Å². The second kappa shape index (κ2) is 14.0. The summed E-state index contributed by atoms with van der Waals surface area (Å²) < 4.78 is 0. The van der Waals surface area contributed by atoms with Crippen LogP contribution >= 0.6 is 0 Å². The fourth-order valence-electron chi connectivity index (χ4n) is 2.38. The summed E-state index contributed by atoms with van der Waals surface area (Å²) in [7, 11) is 0. The molecule has 0 atom stereocenters. The second-order valence-corrected chi connectivity index (χ2v) is 4.82. The van der Waals surface area contributed by atoms with Gasteiger partial charge in [0.25, 0.3) is 0 Å². The maximum atomic E-state index is 2.26. The Kier molecular flexibility index (Phi) is 12.7. The van der Waals surface area contributed by atoms with Crippen LogP contribution in [0.2, 0.25) is 0 Å². The molecule has 0 radical (unpaired) electrons. The molecule has 3 aromatic carbocycles. The van der Waals surface area contributed by atoms with Gasteiger partial charge in [0.1, 0.15) is 0 Å². The van der Waals surface area contributed by atoms with E-state index in [0.717, 1.165) is 0 Å². The quantitative estimate of drug-likeness (QED) is 0.441. The van der Waals surface area contributed by atoms with Crippen LogP contribution in [-0.4, -0.2) is 0 Å². The van der Waals surface area contributed by atoms with Crippen LogP contribution in [0.25, 0.3) is 22.3 Å². The summed E-state index contributed by atoms with van der Waals surface area (Å²) >= 11 is 0. The van der Waals surface area contributed by atoms with Gasteiger partial charge in [-0.3, -0.25) is 0 Å². The molecule has 0 aliphatic rings. The van der Waals surface area contributed by atoms with Crippen LogP contribution in [0.3, 0.4) is 0 Å².